The first-order valence-electron chi connectivity index (χ1n) is 10.4. The number of amides is 1. The van der Waals surface area contributed by atoms with Crippen LogP contribution in [0, 0.1) is 0 Å². The molecule has 0 spiro atoms. The molecule has 1 fully saturated rings. The van der Waals surface area contributed by atoms with Gasteiger partial charge in [0, 0.05) is 32.7 Å². The summed E-state index contributed by atoms with van der Waals surface area (Å²) in [7, 11) is -2.65. The fourth-order valence-corrected chi connectivity index (χ4v) is 4.46. The zero-order chi connectivity index (χ0) is 23.8. The predicted molar refractivity (Wildman–Crippen MR) is 119 cm³/mol. The normalized spacial score (nSPS) is 15.6. The fraction of sp³-hybridized carbons (Fsp3) is 0.364. The van der Waals surface area contributed by atoms with Gasteiger partial charge >= 0.3 is 12.1 Å². The number of methoxy groups -OCH3 is 1. The van der Waals surface area contributed by atoms with Crippen molar-refractivity contribution in [1.82, 2.24) is 14.5 Å². The smallest absolute Gasteiger partial charge is 0.410 e. The number of hydrogen-bond donors (Lipinski definition) is 2. The number of rotatable bonds is 8. The van der Waals surface area contributed by atoms with Crippen LogP contribution in [0.25, 0.3) is 0 Å². The summed E-state index contributed by atoms with van der Waals surface area (Å²) in [5, 5.41) is 9.35. The molecule has 2 aromatic rings. The average molecular weight is 478 g/mol. The van der Waals surface area contributed by atoms with Crippen molar-refractivity contribution in [2.24, 2.45) is 0 Å². The van der Waals surface area contributed by atoms with Crippen LogP contribution >= 0.6 is 0 Å². The van der Waals surface area contributed by atoms with Crippen molar-refractivity contribution in [3.05, 3.63) is 60.2 Å². The van der Waals surface area contributed by atoms with E-state index in [2.05, 4.69) is 4.72 Å². The first-order valence-corrected chi connectivity index (χ1v) is 11.8. The molecule has 1 saturated heterocycles. The van der Waals surface area contributed by atoms with E-state index in [1.165, 1.54) is 31.4 Å². The van der Waals surface area contributed by atoms with Crippen LogP contribution in [0.1, 0.15) is 5.56 Å². The number of ether oxygens (including phenoxy) is 2. The van der Waals surface area contributed by atoms with Crippen molar-refractivity contribution in [1.29, 1.82) is 0 Å². The van der Waals surface area contributed by atoms with Crippen LogP contribution in [0.5, 0.6) is 5.75 Å². The number of benzene rings is 2. The van der Waals surface area contributed by atoms with Crippen LogP contribution in [0.15, 0.2) is 59.5 Å². The summed E-state index contributed by atoms with van der Waals surface area (Å²) < 4.78 is 37.7. The number of phenols is 1. The molecule has 0 aromatic heterocycles. The Morgan fingerprint density at radius 2 is 1.67 bits per heavy atom. The van der Waals surface area contributed by atoms with Gasteiger partial charge in [-0.05, 0) is 29.8 Å². The first kappa shape index (κ1) is 24.5. The summed E-state index contributed by atoms with van der Waals surface area (Å²) >= 11 is 0. The SMILES string of the molecule is COC(=O)C(CNS(=O)(=O)c1ccc(O)cc1)N1CCN(C(=O)OCc2ccccc2)CC1. The quantitative estimate of drug-likeness (QED) is 0.543. The van der Waals surface area contributed by atoms with E-state index in [4.69, 9.17) is 9.47 Å². The standard InChI is InChI=1S/C22H27N3O7S/c1-31-21(27)20(15-23-33(29,30)19-9-7-18(26)8-10-19)24-11-13-25(14-12-24)22(28)32-16-17-5-3-2-4-6-17/h2-10,20,23,26H,11-16H2,1H3. The number of carbonyl (C=O) groups is 2. The van der Waals surface area contributed by atoms with Gasteiger partial charge in [0.25, 0.3) is 0 Å². The summed E-state index contributed by atoms with van der Waals surface area (Å²) in [6.45, 7) is 1.32. The Balaban J connectivity index is 1.55. The second-order valence-corrected chi connectivity index (χ2v) is 9.21. The van der Waals surface area contributed by atoms with Crippen LogP contribution in [-0.4, -0.2) is 81.3 Å². The fourth-order valence-electron chi connectivity index (χ4n) is 3.42. The Kier molecular flexibility index (Phi) is 8.26. The van der Waals surface area contributed by atoms with Crippen LogP contribution in [-0.2, 0) is 30.9 Å². The molecule has 11 heteroatoms. The van der Waals surface area contributed by atoms with Crippen LogP contribution in [0.2, 0.25) is 0 Å². The van der Waals surface area contributed by atoms with E-state index in [0.717, 1.165) is 5.56 Å². The van der Waals surface area contributed by atoms with Crippen molar-refractivity contribution in [3.63, 3.8) is 0 Å². The Labute approximate surface area is 192 Å². The molecule has 1 amide bonds. The minimum absolute atomic E-state index is 0.0325. The zero-order valence-electron chi connectivity index (χ0n) is 18.2. The molecule has 1 unspecified atom stereocenters. The average Bonchev–Trinajstić information content (AvgIpc) is 2.83. The lowest BCUT2D eigenvalue weighted by Gasteiger charge is -2.37. The number of carbonyl (C=O) groups excluding carboxylic acids is 2. The summed E-state index contributed by atoms with van der Waals surface area (Å²) in [5.74, 6) is -0.634. The number of nitrogens with zero attached hydrogens (tertiary/aromatic N) is 2. The van der Waals surface area contributed by atoms with E-state index in [-0.39, 0.29) is 23.8 Å². The third kappa shape index (κ3) is 6.67. The van der Waals surface area contributed by atoms with Crippen LogP contribution < -0.4 is 4.72 Å². The number of esters is 1. The predicted octanol–water partition coefficient (Wildman–Crippen LogP) is 1.17. The lowest BCUT2D eigenvalue weighted by Crippen LogP contribution is -2.57. The van der Waals surface area contributed by atoms with Crippen molar-refractivity contribution in [2.45, 2.75) is 17.5 Å². The zero-order valence-corrected chi connectivity index (χ0v) is 19.0. The molecule has 0 radical (unpaired) electrons. The third-order valence-corrected chi connectivity index (χ3v) is 6.74. The maximum atomic E-state index is 12.5. The first-order chi connectivity index (χ1) is 15.8. The monoisotopic (exact) mass is 477 g/mol. The van der Waals surface area contributed by atoms with Gasteiger partial charge in [0.15, 0.2) is 0 Å². The lowest BCUT2D eigenvalue weighted by atomic mass is 10.2. The Morgan fingerprint density at radius 1 is 1.03 bits per heavy atom. The molecule has 1 heterocycles. The number of sulfonamides is 1. The van der Waals surface area contributed by atoms with E-state index in [9.17, 15) is 23.1 Å². The number of hydrogen-bond acceptors (Lipinski definition) is 8. The molecule has 178 valence electrons. The van der Waals surface area contributed by atoms with Gasteiger partial charge < -0.3 is 19.5 Å². The molecule has 2 N–H and O–H groups in total. The molecule has 10 nitrogen and oxygen atoms in total. The van der Waals surface area contributed by atoms with Gasteiger partial charge in [0.05, 0.1) is 12.0 Å². The molecule has 1 aliphatic heterocycles. The van der Waals surface area contributed by atoms with Gasteiger partial charge in [-0.25, -0.2) is 17.9 Å². The minimum Gasteiger partial charge on any atom is -0.508 e. The van der Waals surface area contributed by atoms with Gasteiger partial charge in [-0.2, -0.15) is 0 Å². The summed E-state index contributed by atoms with van der Waals surface area (Å²) in [5.41, 5.74) is 0.885. The van der Waals surface area contributed by atoms with Gasteiger partial charge in [-0.3, -0.25) is 9.69 Å². The number of aromatic hydroxyl groups is 1. The molecule has 0 saturated carbocycles. The van der Waals surface area contributed by atoms with Crippen molar-refractivity contribution < 1.29 is 32.6 Å². The minimum atomic E-state index is -3.89. The van der Waals surface area contributed by atoms with Crippen molar-refractivity contribution in [3.8, 4) is 5.75 Å². The highest BCUT2D eigenvalue weighted by atomic mass is 32.2. The molecule has 0 bridgehead atoms. The van der Waals surface area contributed by atoms with Gasteiger partial charge in [0.2, 0.25) is 10.0 Å². The largest absolute Gasteiger partial charge is 0.508 e. The Bertz CT molecular complexity index is 1040. The molecular formula is C22H27N3O7S. The maximum Gasteiger partial charge on any atom is 0.410 e. The van der Waals surface area contributed by atoms with Gasteiger partial charge in [-0.15, -0.1) is 0 Å². The molecule has 2 aromatic carbocycles. The molecule has 3 rings (SSSR count). The van der Waals surface area contributed by atoms with Crippen molar-refractivity contribution in [2.75, 3.05) is 39.8 Å². The summed E-state index contributed by atoms with van der Waals surface area (Å²) in [6.07, 6.45) is -0.443. The Hall–Kier alpha value is -3.15. The summed E-state index contributed by atoms with van der Waals surface area (Å²) in [4.78, 5) is 28.0. The van der Waals surface area contributed by atoms with E-state index in [0.29, 0.717) is 26.2 Å². The lowest BCUT2D eigenvalue weighted by molar-refractivity contribution is -0.147. The van der Waals surface area contributed by atoms with E-state index in [1.54, 1.807) is 9.80 Å². The Morgan fingerprint density at radius 3 is 2.27 bits per heavy atom. The van der Waals surface area contributed by atoms with Crippen LogP contribution in [0.4, 0.5) is 4.79 Å². The van der Waals surface area contributed by atoms with Gasteiger partial charge in [0.1, 0.15) is 18.4 Å². The van der Waals surface area contributed by atoms with E-state index >= 15 is 0 Å². The molecule has 1 atom stereocenters. The second kappa shape index (κ2) is 11.1. The molecular weight excluding hydrogens is 450 g/mol. The maximum absolute atomic E-state index is 12.5. The summed E-state index contributed by atoms with van der Waals surface area (Å²) in [6, 6.07) is 13.6. The highest BCUT2D eigenvalue weighted by Gasteiger charge is 2.32. The number of phenolic OH excluding ortho intramolecular Hbond substituents is 1. The number of piperazine rings is 1. The topological polar surface area (TPSA) is 125 Å². The molecule has 1 aliphatic rings. The third-order valence-electron chi connectivity index (χ3n) is 5.31. The van der Waals surface area contributed by atoms with Gasteiger partial charge in [-0.1, -0.05) is 30.3 Å². The highest BCUT2D eigenvalue weighted by molar-refractivity contribution is 7.89. The molecule has 0 aliphatic carbocycles. The second-order valence-electron chi connectivity index (χ2n) is 7.45. The van der Waals surface area contributed by atoms with Crippen LogP contribution in [0.3, 0.4) is 0 Å². The highest BCUT2D eigenvalue weighted by Crippen LogP contribution is 2.15. The number of nitrogens with one attached hydrogen (secondary N) is 1. The van der Waals surface area contributed by atoms with Crippen molar-refractivity contribution >= 4 is 22.1 Å². The van der Waals surface area contributed by atoms with E-state index < -0.39 is 28.1 Å². The molecule has 33 heavy (non-hydrogen) atoms. The van der Waals surface area contributed by atoms with E-state index in [1.807, 2.05) is 30.3 Å².